The van der Waals surface area contributed by atoms with E-state index in [-0.39, 0.29) is 5.82 Å². The summed E-state index contributed by atoms with van der Waals surface area (Å²) in [4.78, 5) is 26.9. The number of hydrogen-bond donors (Lipinski definition) is 2. The monoisotopic (exact) mass is 287 g/mol. The van der Waals surface area contributed by atoms with Crippen LogP contribution in [0.5, 0.6) is 0 Å². The molecule has 21 heavy (non-hydrogen) atoms. The predicted molar refractivity (Wildman–Crippen MR) is 72.0 cm³/mol. The Morgan fingerprint density at radius 3 is 2.43 bits per heavy atom. The lowest BCUT2D eigenvalue weighted by Gasteiger charge is -2.10. The molecule has 1 saturated carbocycles. The summed E-state index contributed by atoms with van der Waals surface area (Å²) < 4.78 is 4.73. The number of aromatic nitrogens is 2. The zero-order chi connectivity index (χ0) is 15.0. The first-order valence-corrected chi connectivity index (χ1v) is 6.47. The van der Waals surface area contributed by atoms with Crippen LogP contribution in [0.3, 0.4) is 0 Å². The number of carbonyl (C=O) groups is 2. The highest BCUT2D eigenvalue weighted by Crippen LogP contribution is 2.48. The number of aryl methyl sites for hydroxylation is 1. The number of nitrogens with one attached hydrogen (secondary N) is 1. The summed E-state index contributed by atoms with van der Waals surface area (Å²) >= 11 is 0. The van der Waals surface area contributed by atoms with E-state index in [4.69, 9.17) is 4.52 Å². The lowest BCUT2D eigenvalue weighted by atomic mass is 9.96. The molecule has 108 valence electrons. The van der Waals surface area contributed by atoms with E-state index in [0.717, 1.165) is 5.56 Å². The summed E-state index contributed by atoms with van der Waals surface area (Å²) in [5.74, 6) is -1.01. The average Bonchev–Trinajstić information content (AvgIpc) is 3.16. The topological polar surface area (TPSA) is 105 Å². The van der Waals surface area contributed by atoms with Crippen LogP contribution in [-0.2, 0) is 10.2 Å². The largest absolute Gasteiger partial charge is 0.481 e. The lowest BCUT2D eigenvalue weighted by Crippen LogP contribution is -2.19. The molecule has 0 atom stereocenters. The zero-order valence-electron chi connectivity index (χ0n) is 11.3. The highest BCUT2D eigenvalue weighted by molar-refractivity contribution is 6.01. The van der Waals surface area contributed by atoms with Gasteiger partial charge in [0, 0.05) is 12.6 Å². The van der Waals surface area contributed by atoms with E-state index < -0.39 is 17.3 Å². The maximum atomic E-state index is 11.8. The molecular formula is C14H13N3O4. The number of carboxylic acids is 1. The summed E-state index contributed by atoms with van der Waals surface area (Å²) in [7, 11) is 0. The average molecular weight is 287 g/mol. The third-order valence-corrected chi connectivity index (χ3v) is 3.59. The standard InChI is InChI=1S/C14H13N3O4/c1-8-15-11(17-21-8)12(18)16-10-4-2-9(3-5-10)14(6-7-14)13(19)20/h2-5H,6-7H2,1H3,(H,16,18)(H,19,20). The molecular weight excluding hydrogens is 274 g/mol. The van der Waals surface area contributed by atoms with Gasteiger partial charge in [-0.2, -0.15) is 4.98 Å². The molecule has 2 N–H and O–H groups in total. The molecule has 1 heterocycles. The van der Waals surface area contributed by atoms with Gasteiger partial charge in [0.05, 0.1) is 5.41 Å². The fraction of sp³-hybridized carbons (Fsp3) is 0.286. The van der Waals surface area contributed by atoms with E-state index in [1.165, 1.54) is 0 Å². The highest BCUT2D eigenvalue weighted by atomic mass is 16.5. The van der Waals surface area contributed by atoms with E-state index in [2.05, 4.69) is 15.5 Å². The summed E-state index contributed by atoms with van der Waals surface area (Å²) in [6.07, 6.45) is 1.30. The van der Waals surface area contributed by atoms with Crippen LogP contribution >= 0.6 is 0 Å². The van der Waals surface area contributed by atoms with Gasteiger partial charge in [-0.3, -0.25) is 9.59 Å². The molecule has 1 aliphatic rings. The molecule has 0 aliphatic heterocycles. The Hall–Kier alpha value is -2.70. The Balaban J connectivity index is 1.73. The minimum atomic E-state index is -0.804. The molecule has 1 aromatic carbocycles. The van der Waals surface area contributed by atoms with Crippen molar-refractivity contribution >= 4 is 17.6 Å². The van der Waals surface area contributed by atoms with Gasteiger partial charge in [-0.1, -0.05) is 17.3 Å². The molecule has 0 bridgehead atoms. The van der Waals surface area contributed by atoms with Crippen molar-refractivity contribution in [2.24, 2.45) is 0 Å². The molecule has 1 aliphatic carbocycles. The van der Waals surface area contributed by atoms with Gasteiger partial charge in [-0.05, 0) is 30.5 Å². The van der Waals surface area contributed by atoms with Crippen LogP contribution in [-0.4, -0.2) is 27.1 Å². The van der Waals surface area contributed by atoms with Crippen molar-refractivity contribution in [3.05, 3.63) is 41.5 Å². The second kappa shape index (κ2) is 4.69. The molecule has 7 heteroatoms. The molecule has 0 spiro atoms. The van der Waals surface area contributed by atoms with Crippen molar-refractivity contribution in [1.82, 2.24) is 10.1 Å². The number of aliphatic carboxylic acids is 1. The van der Waals surface area contributed by atoms with Crippen LogP contribution in [0.4, 0.5) is 5.69 Å². The minimum absolute atomic E-state index is 0.0409. The normalized spacial score (nSPS) is 15.5. The van der Waals surface area contributed by atoms with Gasteiger partial charge in [0.1, 0.15) is 0 Å². The van der Waals surface area contributed by atoms with Crippen LogP contribution in [0.25, 0.3) is 0 Å². The molecule has 0 saturated heterocycles. The molecule has 0 radical (unpaired) electrons. The van der Waals surface area contributed by atoms with Crippen molar-refractivity contribution < 1.29 is 19.2 Å². The fourth-order valence-corrected chi connectivity index (χ4v) is 2.20. The molecule has 1 fully saturated rings. The SMILES string of the molecule is Cc1nc(C(=O)Nc2ccc(C3(C(=O)O)CC3)cc2)no1. The number of hydrogen-bond acceptors (Lipinski definition) is 5. The van der Waals surface area contributed by atoms with E-state index in [1.54, 1.807) is 31.2 Å². The molecule has 2 aromatic rings. The van der Waals surface area contributed by atoms with Gasteiger partial charge >= 0.3 is 5.97 Å². The second-order valence-electron chi connectivity index (χ2n) is 5.06. The molecule has 7 nitrogen and oxygen atoms in total. The Morgan fingerprint density at radius 2 is 1.95 bits per heavy atom. The maximum absolute atomic E-state index is 11.8. The van der Waals surface area contributed by atoms with Gasteiger partial charge in [0.25, 0.3) is 11.7 Å². The van der Waals surface area contributed by atoms with Crippen LogP contribution in [0, 0.1) is 6.92 Å². The minimum Gasteiger partial charge on any atom is -0.481 e. The molecule has 1 aromatic heterocycles. The number of benzene rings is 1. The summed E-state index contributed by atoms with van der Waals surface area (Å²) in [5, 5.41) is 15.4. The summed E-state index contributed by atoms with van der Waals surface area (Å²) in [6.45, 7) is 1.60. The van der Waals surface area contributed by atoms with Crippen LogP contribution < -0.4 is 5.32 Å². The highest BCUT2D eigenvalue weighted by Gasteiger charge is 2.51. The van der Waals surface area contributed by atoms with E-state index >= 15 is 0 Å². The van der Waals surface area contributed by atoms with Crippen LogP contribution in [0.2, 0.25) is 0 Å². The first-order chi connectivity index (χ1) is 10.0. The first-order valence-electron chi connectivity index (χ1n) is 6.47. The quantitative estimate of drug-likeness (QED) is 0.887. The number of carboxylic acid groups (broad SMARTS) is 1. The van der Waals surface area contributed by atoms with Crippen molar-refractivity contribution in [3.8, 4) is 0 Å². The predicted octanol–water partition coefficient (Wildman–Crippen LogP) is 1.75. The second-order valence-corrected chi connectivity index (χ2v) is 5.06. The van der Waals surface area contributed by atoms with Crippen LogP contribution in [0.15, 0.2) is 28.8 Å². The van der Waals surface area contributed by atoms with Gasteiger partial charge in [0.2, 0.25) is 5.89 Å². The van der Waals surface area contributed by atoms with Crippen LogP contribution in [0.1, 0.15) is 34.9 Å². The van der Waals surface area contributed by atoms with Gasteiger partial charge in [-0.25, -0.2) is 0 Å². The number of amides is 1. The van der Waals surface area contributed by atoms with Crippen molar-refractivity contribution in [1.29, 1.82) is 0 Å². The first kappa shape index (κ1) is 13.3. The smallest absolute Gasteiger partial charge is 0.314 e. The van der Waals surface area contributed by atoms with Gasteiger partial charge in [-0.15, -0.1) is 0 Å². The van der Waals surface area contributed by atoms with E-state index in [9.17, 15) is 14.7 Å². The summed E-state index contributed by atoms with van der Waals surface area (Å²) in [5.41, 5.74) is 0.559. The number of carbonyl (C=O) groups excluding carboxylic acids is 1. The molecule has 0 unspecified atom stereocenters. The number of rotatable bonds is 4. The Bertz CT molecular complexity index is 701. The van der Waals surface area contributed by atoms with Gasteiger partial charge in [0.15, 0.2) is 0 Å². The third-order valence-electron chi connectivity index (χ3n) is 3.59. The Morgan fingerprint density at radius 1 is 1.29 bits per heavy atom. The van der Waals surface area contributed by atoms with Crippen molar-refractivity contribution in [3.63, 3.8) is 0 Å². The molecule has 1 amide bonds. The van der Waals surface area contributed by atoms with E-state index in [1.807, 2.05) is 0 Å². The van der Waals surface area contributed by atoms with Gasteiger partial charge < -0.3 is 14.9 Å². The van der Waals surface area contributed by atoms with Crippen molar-refractivity contribution in [2.45, 2.75) is 25.2 Å². The Labute approximate surface area is 120 Å². The number of anilines is 1. The fourth-order valence-electron chi connectivity index (χ4n) is 2.20. The lowest BCUT2D eigenvalue weighted by molar-refractivity contribution is -0.140. The Kier molecular flexibility index (Phi) is 2.97. The number of nitrogens with zero attached hydrogens (tertiary/aromatic N) is 2. The summed E-state index contributed by atoms with van der Waals surface area (Å²) in [6, 6.07) is 6.78. The van der Waals surface area contributed by atoms with E-state index in [0.29, 0.717) is 24.4 Å². The third kappa shape index (κ3) is 2.37. The molecule has 3 rings (SSSR count). The zero-order valence-corrected chi connectivity index (χ0v) is 11.3. The van der Waals surface area contributed by atoms with Crippen molar-refractivity contribution in [2.75, 3.05) is 5.32 Å². The maximum Gasteiger partial charge on any atom is 0.314 e.